The fourth-order valence-corrected chi connectivity index (χ4v) is 1.46. The number of rotatable bonds is 0. The molecule has 0 unspecified atom stereocenters. The molecule has 42 valence electrons. The second-order valence-electron chi connectivity index (χ2n) is 1.57. The Morgan fingerprint density at radius 3 is 3.62 bits per heavy atom. The van der Waals surface area contributed by atoms with Gasteiger partial charge in [0.05, 0.1) is 17.0 Å². The number of anilines is 1. The maximum atomic E-state index is 3.84. The lowest BCUT2D eigenvalue weighted by atomic mass is 10.6. The Morgan fingerprint density at radius 1 is 1.75 bits per heavy atom. The molecular formula is C4H5N3S. The van der Waals surface area contributed by atoms with Gasteiger partial charge >= 0.3 is 0 Å². The third-order valence-corrected chi connectivity index (χ3v) is 1.99. The lowest BCUT2D eigenvalue weighted by Crippen LogP contribution is -1.89. The maximum absolute atomic E-state index is 3.84. The Bertz CT molecular complexity index is 176. The SMILES string of the molecule is c1n[nH]c2c1SCN2. The lowest BCUT2D eigenvalue weighted by Gasteiger charge is -1.85. The molecule has 1 aliphatic rings. The number of aromatic amines is 1. The molecule has 0 bridgehead atoms. The summed E-state index contributed by atoms with van der Waals surface area (Å²) in [6.07, 6.45) is 1.83. The van der Waals surface area contributed by atoms with E-state index < -0.39 is 0 Å². The number of thioether (sulfide) groups is 1. The molecular weight excluding hydrogens is 122 g/mol. The molecule has 4 heteroatoms. The molecule has 0 aromatic carbocycles. The van der Waals surface area contributed by atoms with Gasteiger partial charge in [-0.15, -0.1) is 0 Å². The van der Waals surface area contributed by atoms with E-state index >= 15 is 0 Å². The van der Waals surface area contributed by atoms with E-state index in [2.05, 4.69) is 15.5 Å². The van der Waals surface area contributed by atoms with Gasteiger partial charge in [0.25, 0.3) is 0 Å². The maximum Gasteiger partial charge on any atom is 0.136 e. The van der Waals surface area contributed by atoms with Gasteiger partial charge in [0.1, 0.15) is 5.82 Å². The molecule has 2 N–H and O–H groups in total. The summed E-state index contributed by atoms with van der Waals surface area (Å²) in [7, 11) is 0. The highest BCUT2D eigenvalue weighted by Crippen LogP contribution is 2.30. The van der Waals surface area contributed by atoms with Crippen molar-refractivity contribution in [2.45, 2.75) is 4.90 Å². The number of fused-ring (bicyclic) bond motifs is 1. The highest BCUT2D eigenvalue weighted by atomic mass is 32.2. The third kappa shape index (κ3) is 0.432. The predicted molar refractivity (Wildman–Crippen MR) is 32.9 cm³/mol. The van der Waals surface area contributed by atoms with Crippen molar-refractivity contribution in [1.29, 1.82) is 0 Å². The smallest absolute Gasteiger partial charge is 0.136 e. The standard InChI is InChI=1S/C4H5N3S/c1-3-4(7-6-1)5-2-8-3/h1H,2H2,(H2,5,6,7). The molecule has 1 aromatic heterocycles. The molecule has 0 spiro atoms. The van der Waals surface area contributed by atoms with E-state index in [0.29, 0.717) is 0 Å². The van der Waals surface area contributed by atoms with Gasteiger partial charge in [0.2, 0.25) is 0 Å². The topological polar surface area (TPSA) is 40.7 Å². The van der Waals surface area contributed by atoms with Gasteiger partial charge in [0.15, 0.2) is 0 Å². The first-order chi connectivity index (χ1) is 3.97. The van der Waals surface area contributed by atoms with Gasteiger partial charge in [-0.2, -0.15) is 5.10 Å². The zero-order valence-electron chi connectivity index (χ0n) is 4.14. The molecule has 0 radical (unpaired) electrons. The van der Waals surface area contributed by atoms with E-state index in [1.54, 1.807) is 11.8 Å². The Hall–Kier alpha value is -0.640. The molecule has 0 saturated heterocycles. The summed E-state index contributed by atoms with van der Waals surface area (Å²) in [4.78, 5) is 1.23. The first-order valence-electron chi connectivity index (χ1n) is 2.37. The summed E-state index contributed by atoms with van der Waals surface area (Å²) in [6.45, 7) is 0. The first kappa shape index (κ1) is 4.26. The molecule has 0 atom stereocenters. The number of nitrogens with zero attached hydrogens (tertiary/aromatic N) is 1. The molecule has 0 fully saturated rings. The van der Waals surface area contributed by atoms with E-state index in [9.17, 15) is 0 Å². The zero-order valence-corrected chi connectivity index (χ0v) is 4.96. The van der Waals surface area contributed by atoms with Crippen LogP contribution in [-0.4, -0.2) is 16.1 Å². The number of hydrogen-bond acceptors (Lipinski definition) is 3. The highest BCUT2D eigenvalue weighted by molar-refractivity contribution is 7.99. The molecule has 3 nitrogen and oxygen atoms in total. The summed E-state index contributed by atoms with van der Waals surface area (Å²) in [5, 5.41) is 9.80. The molecule has 1 aliphatic heterocycles. The first-order valence-corrected chi connectivity index (χ1v) is 3.35. The molecule has 0 aliphatic carbocycles. The predicted octanol–water partition coefficient (Wildman–Crippen LogP) is 0.885. The van der Waals surface area contributed by atoms with Crippen molar-refractivity contribution < 1.29 is 0 Å². The van der Waals surface area contributed by atoms with Crippen molar-refractivity contribution in [2.24, 2.45) is 0 Å². The van der Waals surface area contributed by atoms with Crippen LogP contribution in [0.25, 0.3) is 0 Å². The molecule has 1 aromatic rings. The minimum Gasteiger partial charge on any atom is -0.360 e. The molecule has 8 heavy (non-hydrogen) atoms. The van der Waals surface area contributed by atoms with Gasteiger partial charge in [-0.3, -0.25) is 5.10 Å². The molecule has 0 amide bonds. The monoisotopic (exact) mass is 127 g/mol. The van der Waals surface area contributed by atoms with Crippen LogP contribution >= 0.6 is 11.8 Å². The lowest BCUT2D eigenvalue weighted by molar-refractivity contribution is 1.09. The van der Waals surface area contributed by atoms with Crippen LogP contribution < -0.4 is 5.32 Å². The van der Waals surface area contributed by atoms with Gasteiger partial charge < -0.3 is 5.32 Å². The van der Waals surface area contributed by atoms with Crippen LogP contribution in [-0.2, 0) is 0 Å². The quantitative estimate of drug-likeness (QED) is 0.543. The number of hydrogen-bond donors (Lipinski definition) is 2. The van der Waals surface area contributed by atoms with Crippen LogP contribution in [0.3, 0.4) is 0 Å². The van der Waals surface area contributed by atoms with Crippen LogP contribution in [0.4, 0.5) is 5.82 Å². The second kappa shape index (κ2) is 1.42. The van der Waals surface area contributed by atoms with Crippen LogP contribution in [0.2, 0.25) is 0 Å². The fraction of sp³-hybridized carbons (Fsp3) is 0.250. The second-order valence-corrected chi connectivity index (χ2v) is 2.59. The largest absolute Gasteiger partial charge is 0.360 e. The van der Waals surface area contributed by atoms with Crippen molar-refractivity contribution in [2.75, 3.05) is 11.2 Å². The van der Waals surface area contributed by atoms with Crippen LogP contribution in [0.1, 0.15) is 0 Å². The zero-order chi connectivity index (χ0) is 5.40. The molecule has 2 rings (SSSR count). The van der Waals surface area contributed by atoms with Crippen LogP contribution in [0.15, 0.2) is 11.1 Å². The van der Waals surface area contributed by atoms with Crippen molar-refractivity contribution in [3.8, 4) is 0 Å². The van der Waals surface area contributed by atoms with Gasteiger partial charge in [0, 0.05) is 0 Å². The van der Waals surface area contributed by atoms with Gasteiger partial charge in [-0.25, -0.2) is 0 Å². The van der Waals surface area contributed by atoms with E-state index in [1.165, 1.54) is 4.90 Å². The Balaban J connectivity index is 2.54. The highest BCUT2D eigenvalue weighted by Gasteiger charge is 2.10. The van der Waals surface area contributed by atoms with Gasteiger partial charge in [-0.1, -0.05) is 11.8 Å². The molecule has 2 heterocycles. The normalized spacial score (nSPS) is 15.5. The van der Waals surface area contributed by atoms with Crippen molar-refractivity contribution in [1.82, 2.24) is 10.2 Å². The third-order valence-electron chi connectivity index (χ3n) is 1.08. The number of H-pyrrole nitrogens is 1. The van der Waals surface area contributed by atoms with E-state index in [1.807, 2.05) is 6.20 Å². The van der Waals surface area contributed by atoms with E-state index in [0.717, 1.165) is 11.7 Å². The Kier molecular flexibility index (Phi) is 0.754. The average molecular weight is 127 g/mol. The van der Waals surface area contributed by atoms with Crippen LogP contribution in [0, 0.1) is 0 Å². The number of aromatic nitrogens is 2. The summed E-state index contributed by atoms with van der Waals surface area (Å²) in [5.74, 6) is 2.04. The summed E-state index contributed by atoms with van der Waals surface area (Å²) < 4.78 is 0. The average Bonchev–Trinajstić information content (AvgIpc) is 2.15. The summed E-state index contributed by atoms with van der Waals surface area (Å²) in [6, 6.07) is 0. The fourth-order valence-electron chi connectivity index (χ4n) is 0.697. The van der Waals surface area contributed by atoms with E-state index in [-0.39, 0.29) is 0 Å². The summed E-state index contributed by atoms with van der Waals surface area (Å²) >= 11 is 1.77. The van der Waals surface area contributed by atoms with Crippen molar-refractivity contribution in [3.05, 3.63) is 6.20 Å². The summed E-state index contributed by atoms with van der Waals surface area (Å²) in [5.41, 5.74) is 0. The molecule has 0 saturated carbocycles. The van der Waals surface area contributed by atoms with Crippen molar-refractivity contribution >= 4 is 17.6 Å². The minimum atomic E-state index is 0.976. The van der Waals surface area contributed by atoms with Gasteiger partial charge in [-0.05, 0) is 0 Å². The minimum absolute atomic E-state index is 0.976. The van der Waals surface area contributed by atoms with Crippen LogP contribution in [0.5, 0.6) is 0 Å². The Morgan fingerprint density at radius 2 is 2.75 bits per heavy atom. The van der Waals surface area contributed by atoms with E-state index in [4.69, 9.17) is 0 Å². The van der Waals surface area contributed by atoms with Crippen molar-refractivity contribution in [3.63, 3.8) is 0 Å². The Labute approximate surface area is 50.9 Å². The number of nitrogens with one attached hydrogen (secondary N) is 2.